The molecule has 4 aromatic rings. The Morgan fingerprint density at radius 3 is 2.11 bits per heavy atom. The summed E-state index contributed by atoms with van der Waals surface area (Å²) in [5, 5.41) is 16.4. The Morgan fingerprint density at radius 2 is 1.42 bits per heavy atom. The number of fused-ring (bicyclic) bond motifs is 2. The van der Waals surface area contributed by atoms with Gasteiger partial charge in [0.25, 0.3) is 15.7 Å². The molecule has 0 unspecified atom stereocenters. The first-order valence-corrected chi connectivity index (χ1v) is 13.0. The van der Waals surface area contributed by atoms with Crippen LogP contribution in [0.5, 0.6) is 0 Å². The van der Waals surface area contributed by atoms with Crippen LogP contribution in [-0.2, 0) is 10.1 Å². The smallest absolute Gasteiger partial charge is 0.294 e. The molecule has 1 heterocycles. The molecule has 6 rings (SSSR count). The van der Waals surface area contributed by atoms with Gasteiger partial charge in [-0.1, -0.05) is 54.6 Å². The Morgan fingerprint density at radius 1 is 0.763 bits per heavy atom. The summed E-state index contributed by atoms with van der Waals surface area (Å²) in [5.74, 6) is -0.241. The number of benzene rings is 4. The molecule has 0 saturated carbocycles. The standard InChI is InChI=1S/C29H18N2O6S/c32-27(16-6-2-1-3-7-16)26-23-19-8-4-5-9-20(19)28(33)25-22(15-14-21(24(23)25)31-29(26)34)30-17-10-12-18(13-11-17)38(35,36)37/h1-15,30,32H,(H,35,36,37). The van der Waals surface area contributed by atoms with Gasteiger partial charge in [-0.3, -0.25) is 14.1 Å². The van der Waals surface area contributed by atoms with E-state index in [0.29, 0.717) is 43.7 Å². The maximum atomic E-state index is 13.8. The van der Waals surface area contributed by atoms with E-state index in [0.717, 1.165) is 0 Å². The van der Waals surface area contributed by atoms with E-state index in [4.69, 9.17) is 0 Å². The van der Waals surface area contributed by atoms with Gasteiger partial charge in [0.2, 0.25) is 0 Å². The fourth-order valence-electron chi connectivity index (χ4n) is 4.80. The number of aliphatic hydroxyl groups is 1. The third kappa shape index (κ3) is 3.73. The molecule has 0 bridgehead atoms. The van der Waals surface area contributed by atoms with Gasteiger partial charge in [-0.2, -0.15) is 8.42 Å². The van der Waals surface area contributed by atoms with E-state index >= 15 is 0 Å². The minimum atomic E-state index is -4.36. The normalized spacial score (nSPS) is 12.8. The zero-order valence-corrected chi connectivity index (χ0v) is 20.4. The fraction of sp³-hybridized carbons (Fsp3) is 0. The lowest BCUT2D eigenvalue weighted by Gasteiger charge is -2.13. The van der Waals surface area contributed by atoms with E-state index in [1.165, 1.54) is 24.3 Å². The van der Waals surface area contributed by atoms with Crippen LogP contribution in [0.25, 0.3) is 27.4 Å². The average molecular weight is 523 g/mol. The molecule has 8 nitrogen and oxygen atoms in total. The first-order valence-electron chi connectivity index (χ1n) is 11.5. The van der Waals surface area contributed by atoms with Crippen molar-refractivity contribution >= 4 is 48.9 Å². The lowest BCUT2D eigenvalue weighted by molar-refractivity contribution is 0.483. The summed E-state index contributed by atoms with van der Waals surface area (Å²) >= 11 is 0. The van der Waals surface area contributed by atoms with E-state index < -0.39 is 15.7 Å². The average Bonchev–Trinajstić information content (AvgIpc) is 2.92. The molecular weight excluding hydrogens is 504 g/mol. The SMILES string of the molecule is O=c1nc2ccc(Nc3ccc(S(=O)(=O)O)cc3)c3c2=c(c1=C(O)c1ccccc1)c1ccccc1c3=O. The maximum Gasteiger partial charge on any atom is 0.294 e. The predicted molar refractivity (Wildman–Crippen MR) is 145 cm³/mol. The van der Waals surface area contributed by atoms with E-state index in [1.54, 1.807) is 66.7 Å². The predicted octanol–water partition coefficient (Wildman–Crippen LogP) is 3.69. The van der Waals surface area contributed by atoms with Crippen molar-refractivity contribution in [1.29, 1.82) is 0 Å². The third-order valence-electron chi connectivity index (χ3n) is 6.50. The summed E-state index contributed by atoms with van der Waals surface area (Å²) in [4.78, 5) is 31.0. The van der Waals surface area contributed by atoms with E-state index in [9.17, 15) is 27.7 Å². The van der Waals surface area contributed by atoms with Crippen LogP contribution < -0.4 is 21.5 Å². The topological polar surface area (TPSA) is 134 Å². The second-order valence-electron chi connectivity index (χ2n) is 8.76. The summed E-state index contributed by atoms with van der Waals surface area (Å²) < 4.78 is 32.1. The molecule has 1 aliphatic carbocycles. The molecule has 9 heteroatoms. The first kappa shape index (κ1) is 23.5. The highest BCUT2D eigenvalue weighted by atomic mass is 32.2. The summed E-state index contributed by atoms with van der Waals surface area (Å²) in [6.45, 7) is 0. The second-order valence-corrected chi connectivity index (χ2v) is 10.2. The first-order chi connectivity index (χ1) is 18.2. The third-order valence-corrected chi connectivity index (χ3v) is 7.37. The summed E-state index contributed by atoms with van der Waals surface area (Å²) in [5.41, 5.74) is 0.703. The van der Waals surface area contributed by atoms with Crippen molar-refractivity contribution in [2.45, 2.75) is 4.90 Å². The van der Waals surface area contributed by atoms with Gasteiger partial charge in [0.1, 0.15) is 5.76 Å². The number of hydrogen-bond donors (Lipinski definition) is 3. The number of aliphatic hydroxyl groups excluding tert-OH is 1. The highest BCUT2D eigenvalue weighted by molar-refractivity contribution is 7.85. The number of nitrogens with zero attached hydrogens (tertiary/aromatic N) is 1. The van der Waals surface area contributed by atoms with Crippen molar-refractivity contribution in [2.24, 2.45) is 0 Å². The monoisotopic (exact) mass is 522 g/mol. The Labute approximate surface area is 214 Å². The molecule has 2 aliphatic rings. The van der Waals surface area contributed by atoms with Crippen LogP contribution in [-0.4, -0.2) is 23.1 Å². The van der Waals surface area contributed by atoms with Gasteiger partial charge in [0.05, 0.1) is 26.7 Å². The van der Waals surface area contributed by atoms with Crippen molar-refractivity contribution in [1.82, 2.24) is 4.98 Å². The van der Waals surface area contributed by atoms with Crippen molar-refractivity contribution in [2.75, 3.05) is 5.32 Å². The van der Waals surface area contributed by atoms with Crippen LogP contribution in [0.15, 0.2) is 105 Å². The van der Waals surface area contributed by atoms with Crippen LogP contribution in [0.1, 0.15) is 5.56 Å². The van der Waals surface area contributed by atoms with Gasteiger partial charge in [-0.15, -0.1) is 0 Å². The van der Waals surface area contributed by atoms with Gasteiger partial charge in [0.15, 0.2) is 5.43 Å². The molecule has 186 valence electrons. The van der Waals surface area contributed by atoms with Crippen molar-refractivity contribution in [3.05, 3.63) is 133 Å². The zero-order valence-electron chi connectivity index (χ0n) is 19.5. The Bertz CT molecular complexity index is 2220. The summed E-state index contributed by atoms with van der Waals surface area (Å²) in [6.07, 6.45) is 0. The molecule has 38 heavy (non-hydrogen) atoms. The molecule has 0 fully saturated rings. The molecular formula is C29H18N2O6S. The Balaban J connectivity index is 1.76. The quantitative estimate of drug-likeness (QED) is 0.299. The van der Waals surface area contributed by atoms with Gasteiger partial charge in [0, 0.05) is 27.1 Å². The molecule has 0 radical (unpaired) electrons. The molecule has 0 saturated heterocycles. The number of aromatic nitrogens is 1. The molecule has 0 aromatic heterocycles. The fourth-order valence-corrected chi connectivity index (χ4v) is 5.28. The Kier molecular flexibility index (Phi) is 5.34. The number of rotatable bonds is 4. The van der Waals surface area contributed by atoms with Crippen molar-refractivity contribution in [3.8, 4) is 0 Å². The van der Waals surface area contributed by atoms with Gasteiger partial charge < -0.3 is 10.4 Å². The second kappa shape index (κ2) is 8.62. The minimum absolute atomic E-state index is 0.000412. The van der Waals surface area contributed by atoms with Gasteiger partial charge in [-0.05, 0) is 41.8 Å². The minimum Gasteiger partial charge on any atom is -0.506 e. The van der Waals surface area contributed by atoms with Gasteiger partial charge in [-0.25, -0.2) is 4.98 Å². The molecule has 4 aromatic carbocycles. The van der Waals surface area contributed by atoms with Crippen LogP contribution in [0, 0.1) is 10.4 Å². The van der Waals surface area contributed by atoms with Gasteiger partial charge >= 0.3 is 0 Å². The lowest BCUT2D eigenvalue weighted by atomic mass is 9.96. The largest absolute Gasteiger partial charge is 0.506 e. The Hall–Kier alpha value is -4.86. The van der Waals surface area contributed by atoms with E-state index in [2.05, 4.69) is 10.3 Å². The van der Waals surface area contributed by atoms with E-state index in [-0.39, 0.29) is 26.7 Å². The maximum absolute atomic E-state index is 13.8. The molecule has 3 N–H and O–H groups in total. The summed E-state index contributed by atoms with van der Waals surface area (Å²) in [7, 11) is -4.36. The zero-order chi connectivity index (χ0) is 26.6. The molecule has 0 amide bonds. The number of nitrogens with one attached hydrogen (secondary N) is 1. The van der Waals surface area contributed by atoms with Crippen molar-refractivity contribution < 1.29 is 18.1 Å². The highest BCUT2D eigenvalue weighted by Gasteiger charge is 2.18. The van der Waals surface area contributed by atoms with Crippen molar-refractivity contribution in [3.63, 3.8) is 0 Å². The van der Waals surface area contributed by atoms with Crippen LogP contribution in [0.3, 0.4) is 0 Å². The highest BCUT2D eigenvalue weighted by Crippen LogP contribution is 2.27. The summed E-state index contributed by atoms with van der Waals surface area (Å²) in [6, 6.07) is 24.2. The number of anilines is 2. The molecule has 1 aliphatic heterocycles. The lowest BCUT2D eigenvalue weighted by Crippen LogP contribution is -2.33. The van der Waals surface area contributed by atoms with Crippen LogP contribution >= 0.6 is 0 Å². The van der Waals surface area contributed by atoms with E-state index in [1.807, 2.05) is 0 Å². The molecule has 0 atom stereocenters. The van der Waals surface area contributed by atoms with Crippen LogP contribution in [0.2, 0.25) is 0 Å². The number of hydrogen-bond acceptors (Lipinski definition) is 7. The molecule has 0 spiro atoms. The van der Waals surface area contributed by atoms with Crippen LogP contribution in [0.4, 0.5) is 11.4 Å².